The molecule has 0 aliphatic carbocycles. The van der Waals surface area contributed by atoms with Crippen LogP contribution in [0, 0.1) is 6.92 Å². The van der Waals surface area contributed by atoms with Crippen LogP contribution in [0.1, 0.15) is 35.1 Å². The fourth-order valence-corrected chi connectivity index (χ4v) is 4.21. The van der Waals surface area contributed by atoms with Gasteiger partial charge in [0.15, 0.2) is 0 Å². The van der Waals surface area contributed by atoms with Crippen LogP contribution in [-0.4, -0.2) is 29.7 Å². The van der Waals surface area contributed by atoms with E-state index >= 15 is 0 Å². The number of carbonyl (C=O) groups excluding carboxylic acids is 1. The number of rotatable bonds is 4. The number of amides is 1. The lowest BCUT2D eigenvalue weighted by Crippen LogP contribution is -2.37. The maximum atomic E-state index is 13.3. The zero-order valence-corrected chi connectivity index (χ0v) is 16.4. The van der Waals surface area contributed by atoms with Gasteiger partial charge >= 0.3 is 0 Å². The summed E-state index contributed by atoms with van der Waals surface area (Å²) in [4.78, 5) is 15.5. The van der Waals surface area contributed by atoms with E-state index < -0.39 is 0 Å². The Morgan fingerprint density at radius 3 is 2.66 bits per heavy atom. The van der Waals surface area contributed by atoms with Gasteiger partial charge < -0.3 is 9.32 Å². The smallest absolute Gasteiger partial charge is 0.262 e. The summed E-state index contributed by atoms with van der Waals surface area (Å²) in [5.41, 5.74) is 4.41. The molecule has 1 atom stereocenters. The number of hydrogen-bond donors (Lipinski definition) is 0. The molecule has 1 aromatic heterocycles. The van der Waals surface area contributed by atoms with E-state index in [2.05, 4.69) is 23.1 Å². The normalized spacial score (nSPS) is 18.1. The predicted octanol–water partition coefficient (Wildman–Crippen LogP) is 4.33. The summed E-state index contributed by atoms with van der Waals surface area (Å²) >= 11 is 0. The van der Waals surface area contributed by atoms with Crippen molar-refractivity contribution < 1.29 is 9.21 Å². The molecule has 0 unspecified atom stereocenters. The highest BCUT2D eigenvalue weighted by Gasteiger charge is 2.36. The quantitative estimate of drug-likeness (QED) is 0.672. The van der Waals surface area contributed by atoms with Gasteiger partial charge in [-0.1, -0.05) is 48.5 Å². The van der Waals surface area contributed by atoms with Gasteiger partial charge in [-0.15, -0.1) is 0 Å². The first-order valence-electron chi connectivity index (χ1n) is 10.0. The van der Waals surface area contributed by atoms with Gasteiger partial charge in [-0.05, 0) is 42.7 Å². The summed E-state index contributed by atoms with van der Waals surface area (Å²) in [5.74, 6) is 1.62. The molecule has 29 heavy (non-hydrogen) atoms. The van der Waals surface area contributed by atoms with Crippen molar-refractivity contribution in [1.82, 2.24) is 5.01 Å². The number of hydrazone groups is 1. The van der Waals surface area contributed by atoms with Crippen LogP contribution in [0.3, 0.4) is 0 Å². The second kappa shape index (κ2) is 7.24. The Morgan fingerprint density at radius 2 is 1.86 bits per heavy atom. The molecule has 146 valence electrons. The van der Waals surface area contributed by atoms with Crippen molar-refractivity contribution in [3.8, 4) is 0 Å². The Kier molecular flexibility index (Phi) is 4.43. The third-order valence-corrected chi connectivity index (χ3v) is 5.67. The molecule has 1 amide bonds. The number of carbonyl (C=O) groups is 1. The highest BCUT2D eigenvalue weighted by atomic mass is 16.3. The van der Waals surface area contributed by atoms with Crippen LogP contribution in [0.2, 0.25) is 0 Å². The molecule has 5 rings (SSSR count). The minimum absolute atomic E-state index is 0.00770. The largest absolute Gasteiger partial charge is 0.464 e. The number of anilines is 1. The summed E-state index contributed by atoms with van der Waals surface area (Å²) in [6.45, 7) is 3.10. The molecular weight excluding hydrogens is 362 g/mol. The molecule has 0 N–H and O–H groups in total. The van der Waals surface area contributed by atoms with E-state index in [1.807, 2.05) is 55.5 Å². The fraction of sp³-hybridized carbons (Fsp3) is 0.250. The van der Waals surface area contributed by atoms with E-state index in [0.717, 1.165) is 41.4 Å². The fourth-order valence-electron chi connectivity index (χ4n) is 4.21. The highest BCUT2D eigenvalue weighted by Crippen LogP contribution is 2.34. The Balaban J connectivity index is 1.43. The number of nitrogens with zero attached hydrogens (tertiary/aromatic N) is 3. The summed E-state index contributed by atoms with van der Waals surface area (Å²) in [7, 11) is 0. The molecule has 0 spiro atoms. The maximum Gasteiger partial charge on any atom is 0.262 e. The summed E-state index contributed by atoms with van der Waals surface area (Å²) in [6.07, 6.45) is 1.63. The monoisotopic (exact) mass is 385 g/mol. The Morgan fingerprint density at radius 1 is 1.07 bits per heavy atom. The first-order valence-corrected chi connectivity index (χ1v) is 10.0. The van der Waals surface area contributed by atoms with Crippen LogP contribution in [0.15, 0.2) is 76.2 Å². The van der Waals surface area contributed by atoms with E-state index in [1.165, 1.54) is 5.56 Å². The average Bonchev–Trinajstić information content (AvgIpc) is 3.47. The summed E-state index contributed by atoms with van der Waals surface area (Å²) in [5, 5.41) is 6.36. The first-order chi connectivity index (χ1) is 14.2. The van der Waals surface area contributed by atoms with Crippen molar-refractivity contribution in [3.63, 3.8) is 0 Å². The number of furan rings is 1. The Labute approximate surface area is 170 Å². The number of para-hydroxylation sites is 1. The molecule has 0 fully saturated rings. The van der Waals surface area contributed by atoms with Crippen molar-refractivity contribution in [2.24, 2.45) is 5.10 Å². The Hall–Kier alpha value is -3.34. The highest BCUT2D eigenvalue weighted by molar-refractivity contribution is 6.03. The van der Waals surface area contributed by atoms with Crippen LogP contribution in [0.5, 0.6) is 0 Å². The number of benzene rings is 2. The van der Waals surface area contributed by atoms with Crippen molar-refractivity contribution in [3.05, 3.63) is 89.4 Å². The van der Waals surface area contributed by atoms with E-state index in [1.54, 1.807) is 5.01 Å². The Bertz CT molecular complexity index is 1070. The molecule has 2 aromatic carbocycles. The van der Waals surface area contributed by atoms with Gasteiger partial charge in [0.25, 0.3) is 5.91 Å². The lowest BCUT2D eigenvalue weighted by molar-refractivity contribution is -0.131. The van der Waals surface area contributed by atoms with Crippen LogP contribution in [0.4, 0.5) is 5.69 Å². The van der Waals surface area contributed by atoms with E-state index in [4.69, 9.17) is 9.52 Å². The van der Waals surface area contributed by atoms with E-state index in [-0.39, 0.29) is 11.9 Å². The molecule has 0 bridgehead atoms. The molecule has 5 heteroatoms. The van der Waals surface area contributed by atoms with Gasteiger partial charge in [-0.3, -0.25) is 4.79 Å². The molecule has 0 radical (unpaired) electrons. The number of hydrogen-bond acceptors (Lipinski definition) is 4. The van der Waals surface area contributed by atoms with Crippen molar-refractivity contribution in [1.29, 1.82) is 0 Å². The first kappa shape index (κ1) is 17.7. The SMILES string of the molecule is Cc1ccc([C@@H]2CC(c3ccccc3)=NN2C(=O)CN2CCc3ccccc32)o1. The lowest BCUT2D eigenvalue weighted by Gasteiger charge is -2.24. The van der Waals surface area contributed by atoms with Crippen LogP contribution in [0.25, 0.3) is 0 Å². The van der Waals surface area contributed by atoms with Gasteiger partial charge in [0.05, 0.1) is 12.3 Å². The molecule has 3 heterocycles. The minimum Gasteiger partial charge on any atom is -0.464 e. The predicted molar refractivity (Wildman–Crippen MR) is 113 cm³/mol. The third-order valence-electron chi connectivity index (χ3n) is 5.67. The molecule has 5 nitrogen and oxygen atoms in total. The second-order valence-electron chi connectivity index (χ2n) is 7.62. The van der Waals surface area contributed by atoms with Crippen molar-refractivity contribution in [2.45, 2.75) is 25.8 Å². The van der Waals surface area contributed by atoms with Gasteiger partial charge in [0.2, 0.25) is 0 Å². The second-order valence-corrected chi connectivity index (χ2v) is 7.62. The van der Waals surface area contributed by atoms with E-state index in [9.17, 15) is 4.79 Å². The third kappa shape index (κ3) is 3.33. The van der Waals surface area contributed by atoms with Crippen LogP contribution >= 0.6 is 0 Å². The van der Waals surface area contributed by atoms with Gasteiger partial charge in [0.1, 0.15) is 17.6 Å². The summed E-state index contributed by atoms with van der Waals surface area (Å²) < 4.78 is 5.88. The number of aryl methyl sites for hydroxylation is 1. The molecule has 3 aromatic rings. The zero-order chi connectivity index (χ0) is 19.8. The van der Waals surface area contributed by atoms with Gasteiger partial charge in [-0.25, -0.2) is 5.01 Å². The van der Waals surface area contributed by atoms with Crippen LogP contribution in [-0.2, 0) is 11.2 Å². The topological polar surface area (TPSA) is 49.1 Å². The standard InChI is InChI=1S/C24H23N3O2/c1-17-11-12-23(29-17)22-15-20(18-7-3-2-4-8-18)25-27(22)24(28)16-26-14-13-19-9-5-6-10-21(19)26/h2-12,22H,13-16H2,1H3/t22-/m0/s1. The zero-order valence-electron chi connectivity index (χ0n) is 16.4. The van der Waals surface area contributed by atoms with Gasteiger partial charge in [-0.2, -0.15) is 5.10 Å². The molecule has 0 saturated carbocycles. The summed E-state index contributed by atoms with van der Waals surface area (Å²) in [6, 6.07) is 22.0. The van der Waals surface area contributed by atoms with Crippen LogP contribution < -0.4 is 4.90 Å². The van der Waals surface area contributed by atoms with Gasteiger partial charge in [0, 0.05) is 18.7 Å². The molecule has 2 aliphatic heterocycles. The van der Waals surface area contributed by atoms with Crippen molar-refractivity contribution >= 4 is 17.3 Å². The molecular formula is C24H23N3O2. The lowest BCUT2D eigenvalue weighted by atomic mass is 10.0. The minimum atomic E-state index is -0.204. The maximum absolute atomic E-state index is 13.3. The molecule has 2 aliphatic rings. The molecule has 0 saturated heterocycles. The average molecular weight is 385 g/mol. The van der Waals surface area contributed by atoms with Crippen molar-refractivity contribution in [2.75, 3.05) is 18.0 Å². The number of fused-ring (bicyclic) bond motifs is 1. The van der Waals surface area contributed by atoms with E-state index in [0.29, 0.717) is 13.0 Å².